The summed E-state index contributed by atoms with van der Waals surface area (Å²) in [7, 11) is 1.89. The van der Waals surface area contributed by atoms with Crippen LogP contribution in [0.5, 0.6) is 0 Å². The van der Waals surface area contributed by atoms with Crippen LogP contribution in [0.2, 0.25) is 5.02 Å². The number of pyridine rings is 1. The van der Waals surface area contributed by atoms with Crippen molar-refractivity contribution >= 4 is 17.4 Å². The number of nitrogens with one attached hydrogen (secondary N) is 1. The first-order valence-electron chi connectivity index (χ1n) is 7.44. The van der Waals surface area contributed by atoms with E-state index in [1.54, 1.807) is 10.9 Å². The van der Waals surface area contributed by atoms with Crippen LogP contribution in [-0.2, 0) is 11.8 Å². The molecule has 2 aromatic heterocycles. The fraction of sp³-hybridized carbons (Fsp3) is 0.438. The van der Waals surface area contributed by atoms with Gasteiger partial charge in [0.1, 0.15) is 18.0 Å². The lowest BCUT2D eigenvalue weighted by Gasteiger charge is -2.21. The Morgan fingerprint density at radius 1 is 1.48 bits per heavy atom. The van der Waals surface area contributed by atoms with Crippen molar-refractivity contribution in [3.8, 4) is 6.07 Å². The second-order valence-corrected chi connectivity index (χ2v) is 6.15. The van der Waals surface area contributed by atoms with Crippen LogP contribution in [0.15, 0.2) is 12.4 Å². The lowest BCUT2D eigenvalue weighted by Crippen LogP contribution is -2.24. The zero-order valence-corrected chi connectivity index (χ0v) is 14.1. The van der Waals surface area contributed by atoms with Crippen LogP contribution in [0.1, 0.15) is 34.9 Å². The fourth-order valence-electron chi connectivity index (χ4n) is 2.94. The van der Waals surface area contributed by atoms with Gasteiger partial charge in [-0.3, -0.25) is 4.68 Å². The van der Waals surface area contributed by atoms with Crippen molar-refractivity contribution in [3.63, 3.8) is 0 Å². The Bertz CT molecular complexity index is 780. The van der Waals surface area contributed by atoms with Gasteiger partial charge in [-0.15, -0.1) is 0 Å². The van der Waals surface area contributed by atoms with Gasteiger partial charge in [0.15, 0.2) is 0 Å². The summed E-state index contributed by atoms with van der Waals surface area (Å²) in [6.45, 7) is 4.45. The van der Waals surface area contributed by atoms with Crippen LogP contribution in [0.25, 0.3) is 0 Å². The number of hydrogen-bond donors (Lipinski definition) is 1. The molecule has 1 aliphatic rings. The summed E-state index contributed by atoms with van der Waals surface area (Å²) >= 11 is 6.05. The number of halogens is 1. The number of ether oxygens (including phenoxy) is 1. The van der Waals surface area contributed by atoms with Gasteiger partial charge in [0.25, 0.3) is 0 Å². The molecule has 2 aromatic rings. The monoisotopic (exact) mass is 331 g/mol. The molecule has 0 saturated carbocycles. The van der Waals surface area contributed by atoms with Gasteiger partial charge >= 0.3 is 0 Å². The standard InChI is InChI=1S/C16H18ClN5O/c1-9-11(6-18)16(19-7-13(9)17)20-14-4-5-23-15(14)12-8-22(3)21-10(12)2/h7-8,14-15H,4-5H2,1-3H3,(H,19,20)/t14-,15+/m0/s1. The molecule has 0 spiro atoms. The topological polar surface area (TPSA) is 75.8 Å². The Kier molecular flexibility index (Phi) is 4.24. The largest absolute Gasteiger partial charge is 0.371 e. The van der Waals surface area contributed by atoms with Crippen LogP contribution < -0.4 is 5.32 Å². The minimum atomic E-state index is -0.104. The highest BCUT2D eigenvalue weighted by Gasteiger charge is 2.32. The number of hydrogen-bond acceptors (Lipinski definition) is 5. The fourth-order valence-corrected chi connectivity index (χ4v) is 3.09. The Hall–Kier alpha value is -2.10. The zero-order chi connectivity index (χ0) is 16.6. The van der Waals surface area contributed by atoms with Crippen LogP contribution in [0, 0.1) is 25.2 Å². The highest BCUT2D eigenvalue weighted by Crippen LogP contribution is 2.34. The van der Waals surface area contributed by atoms with Gasteiger partial charge in [-0.2, -0.15) is 10.4 Å². The first-order valence-corrected chi connectivity index (χ1v) is 7.82. The molecule has 1 saturated heterocycles. The van der Waals surface area contributed by atoms with Crippen molar-refractivity contribution < 1.29 is 4.74 Å². The van der Waals surface area contributed by atoms with Crippen LogP contribution >= 0.6 is 11.6 Å². The van der Waals surface area contributed by atoms with Gasteiger partial charge in [0, 0.05) is 31.6 Å². The van der Waals surface area contributed by atoms with Crippen molar-refractivity contribution in [1.82, 2.24) is 14.8 Å². The number of aryl methyl sites for hydroxylation is 2. The second kappa shape index (κ2) is 6.19. The van der Waals surface area contributed by atoms with Gasteiger partial charge in [-0.25, -0.2) is 4.98 Å². The van der Waals surface area contributed by atoms with E-state index in [9.17, 15) is 5.26 Å². The number of nitrogens with zero attached hydrogens (tertiary/aromatic N) is 4. The van der Waals surface area contributed by atoms with Gasteiger partial charge < -0.3 is 10.1 Å². The summed E-state index contributed by atoms with van der Waals surface area (Å²) in [6.07, 6.45) is 4.28. The number of nitriles is 1. The summed E-state index contributed by atoms with van der Waals surface area (Å²) in [5.41, 5.74) is 3.23. The smallest absolute Gasteiger partial charge is 0.144 e. The van der Waals surface area contributed by atoms with Crippen molar-refractivity contribution in [3.05, 3.63) is 39.8 Å². The third-order valence-corrected chi connectivity index (χ3v) is 4.54. The second-order valence-electron chi connectivity index (χ2n) is 5.74. The molecule has 2 atom stereocenters. The lowest BCUT2D eigenvalue weighted by molar-refractivity contribution is 0.107. The summed E-state index contributed by atoms with van der Waals surface area (Å²) in [5.74, 6) is 0.552. The van der Waals surface area contributed by atoms with E-state index in [4.69, 9.17) is 16.3 Å². The predicted molar refractivity (Wildman–Crippen MR) is 87.4 cm³/mol. The summed E-state index contributed by atoms with van der Waals surface area (Å²) < 4.78 is 7.68. The van der Waals surface area contributed by atoms with Crippen molar-refractivity contribution in [2.45, 2.75) is 32.4 Å². The third-order valence-electron chi connectivity index (χ3n) is 4.16. The van der Waals surface area contributed by atoms with Gasteiger partial charge in [-0.05, 0) is 25.8 Å². The molecule has 23 heavy (non-hydrogen) atoms. The first-order chi connectivity index (χ1) is 11.0. The molecule has 1 aliphatic heterocycles. The number of aromatic nitrogens is 3. The van der Waals surface area contributed by atoms with E-state index < -0.39 is 0 Å². The third kappa shape index (κ3) is 2.90. The average molecular weight is 332 g/mol. The minimum Gasteiger partial charge on any atom is -0.371 e. The minimum absolute atomic E-state index is 0.0399. The molecular formula is C16H18ClN5O. The predicted octanol–water partition coefficient (Wildman–Crippen LogP) is 2.90. The molecule has 0 aliphatic carbocycles. The summed E-state index contributed by atoms with van der Waals surface area (Å²) in [6, 6.07) is 2.22. The molecule has 0 aromatic carbocycles. The maximum absolute atomic E-state index is 9.39. The molecule has 3 rings (SSSR count). The van der Waals surface area contributed by atoms with E-state index in [0.717, 1.165) is 23.2 Å². The first kappa shape index (κ1) is 15.8. The Morgan fingerprint density at radius 3 is 2.91 bits per heavy atom. The van der Waals surface area contributed by atoms with Gasteiger partial charge in [0.2, 0.25) is 0 Å². The molecule has 1 N–H and O–H groups in total. The Morgan fingerprint density at radius 2 is 2.26 bits per heavy atom. The van der Waals surface area contributed by atoms with Gasteiger partial charge in [0.05, 0.1) is 22.3 Å². The number of rotatable bonds is 3. The molecule has 7 heteroatoms. The molecule has 0 unspecified atom stereocenters. The highest BCUT2D eigenvalue weighted by atomic mass is 35.5. The Labute approximate surface area is 140 Å². The maximum Gasteiger partial charge on any atom is 0.144 e. The molecular weight excluding hydrogens is 314 g/mol. The number of anilines is 1. The normalized spacial score (nSPS) is 20.5. The summed E-state index contributed by atoms with van der Waals surface area (Å²) in [5, 5.41) is 17.6. The van der Waals surface area contributed by atoms with E-state index in [1.165, 1.54) is 0 Å². The molecule has 0 radical (unpaired) electrons. The SMILES string of the molecule is Cc1nn(C)cc1[C@H]1OCC[C@@H]1Nc1ncc(Cl)c(C)c1C#N. The van der Waals surface area contributed by atoms with E-state index in [2.05, 4.69) is 21.5 Å². The quantitative estimate of drug-likeness (QED) is 0.935. The molecule has 1 fully saturated rings. The van der Waals surface area contributed by atoms with Crippen LogP contribution in [0.3, 0.4) is 0 Å². The van der Waals surface area contributed by atoms with E-state index in [-0.39, 0.29) is 12.1 Å². The molecule has 6 nitrogen and oxygen atoms in total. The van der Waals surface area contributed by atoms with Crippen molar-refractivity contribution in [1.29, 1.82) is 5.26 Å². The van der Waals surface area contributed by atoms with Crippen molar-refractivity contribution in [2.75, 3.05) is 11.9 Å². The van der Waals surface area contributed by atoms with E-state index in [0.29, 0.717) is 23.0 Å². The van der Waals surface area contributed by atoms with Crippen LogP contribution in [0.4, 0.5) is 5.82 Å². The Balaban J connectivity index is 1.90. The van der Waals surface area contributed by atoms with Gasteiger partial charge in [-0.1, -0.05) is 11.6 Å². The average Bonchev–Trinajstić information content (AvgIpc) is 3.09. The zero-order valence-electron chi connectivity index (χ0n) is 13.3. The molecule has 0 bridgehead atoms. The lowest BCUT2D eigenvalue weighted by atomic mass is 10.0. The highest BCUT2D eigenvalue weighted by molar-refractivity contribution is 6.31. The van der Waals surface area contributed by atoms with E-state index >= 15 is 0 Å². The van der Waals surface area contributed by atoms with Crippen LogP contribution in [-0.4, -0.2) is 27.4 Å². The van der Waals surface area contributed by atoms with E-state index in [1.807, 2.05) is 27.1 Å². The molecule has 3 heterocycles. The summed E-state index contributed by atoms with van der Waals surface area (Å²) in [4.78, 5) is 4.29. The molecule has 120 valence electrons. The van der Waals surface area contributed by atoms with Crippen molar-refractivity contribution in [2.24, 2.45) is 7.05 Å². The molecule has 0 amide bonds. The maximum atomic E-state index is 9.39.